The average molecular weight is 375 g/mol. The van der Waals surface area contributed by atoms with Crippen LogP contribution < -0.4 is 0 Å². The van der Waals surface area contributed by atoms with Crippen molar-refractivity contribution in [2.45, 2.75) is 38.9 Å². The van der Waals surface area contributed by atoms with Crippen LogP contribution in [0, 0.1) is 6.92 Å². The summed E-state index contributed by atoms with van der Waals surface area (Å²) in [7, 11) is 0. The van der Waals surface area contributed by atoms with Crippen LogP contribution in [-0.4, -0.2) is 63.1 Å². The van der Waals surface area contributed by atoms with Crippen LogP contribution in [0.4, 0.5) is 0 Å². The van der Waals surface area contributed by atoms with Gasteiger partial charge in [-0.2, -0.15) is 0 Å². The molecule has 0 saturated carbocycles. The Kier molecular flexibility index (Phi) is 5.33. The lowest BCUT2D eigenvalue weighted by atomic mass is 10.2. The Bertz CT molecular complexity index is 752. The number of likely N-dealkylation sites (tertiary alicyclic amines) is 1. The van der Waals surface area contributed by atoms with Crippen LogP contribution in [0.15, 0.2) is 18.0 Å². The van der Waals surface area contributed by atoms with Crippen molar-refractivity contribution in [3.63, 3.8) is 0 Å². The number of fused-ring (bicyclic) bond motifs is 1. The molecule has 2 aliphatic rings. The van der Waals surface area contributed by atoms with Crippen LogP contribution >= 0.6 is 11.3 Å². The van der Waals surface area contributed by atoms with Gasteiger partial charge in [0.15, 0.2) is 0 Å². The highest BCUT2D eigenvalue weighted by atomic mass is 32.1. The number of carbonyl (C=O) groups is 1. The third-order valence-corrected chi connectivity index (χ3v) is 6.12. The van der Waals surface area contributed by atoms with E-state index in [4.69, 9.17) is 4.74 Å². The maximum atomic E-state index is 12.2. The molecule has 4 heterocycles. The van der Waals surface area contributed by atoms with Crippen LogP contribution in [0.25, 0.3) is 0 Å². The summed E-state index contributed by atoms with van der Waals surface area (Å²) in [5.41, 5.74) is 4.21. The standard InChI is InChI=1S/C18H25N5O2S/c1-14-17(26-13-20-14)9-21-7-15-6-19-12-23(15)16(8-21)10-25-11-18(24)22-4-2-3-5-22/h6,12-13,16H,2-5,7-11H2,1H3/t16-/m0/s1. The van der Waals surface area contributed by atoms with E-state index in [1.54, 1.807) is 11.3 Å². The maximum absolute atomic E-state index is 12.2. The molecule has 8 heteroatoms. The molecule has 1 saturated heterocycles. The van der Waals surface area contributed by atoms with Gasteiger partial charge in [-0.3, -0.25) is 9.69 Å². The molecule has 4 rings (SSSR count). The summed E-state index contributed by atoms with van der Waals surface area (Å²) in [4.78, 5) is 26.4. The fourth-order valence-corrected chi connectivity index (χ4v) is 4.56. The molecule has 0 aliphatic carbocycles. The third-order valence-electron chi connectivity index (χ3n) is 5.20. The first kappa shape index (κ1) is 17.6. The lowest BCUT2D eigenvalue weighted by molar-refractivity contribution is -0.135. The molecule has 1 amide bonds. The van der Waals surface area contributed by atoms with Gasteiger partial charge in [0, 0.05) is 43.8 Å². The van der Waals surface area contributed by atoms with Crippen molar-refractivity contribution in [2.24, 2.45) is 0 Å². The number of amides is 1. The van der Waals surface area contributed by atoms with E-state index < -0.39 is 0 Å². The van der Waals surface area contributed by atoms with Crippen LogP contribution in [0.3, 0.4) is 0 Å². The molecule has 0 spiro atoms. The lowest BCUT2D eigenvalue weighted by Gasteiger charge is -2.34. The van der Waals surface area contributed by atoms with E-state index in [9.17, 15) is 4.79 Å². The van der Waals surface area contributed by atoms with Crippen molar-refractivity contribution in [3.05, 3.63) is 34.3 Å². The summed E-state index contributed by atoms with van der Waals surface area (Å²) in [6.45, 7) is 7.17. The molecule has 2 aromatic heterocycles. The van der Waals surface area contributed by atoms with Crippen molar-refractivity contribution >= 4 is 17.2 Å². The number of imidazole rings is 1. The normalized spacial score (nSPS) is 20.5. The van der Waals surface area contributed by atoms with E-state index in [0.29, 0.717) is 6.61 Å². The van der Waals surface area contributed by atoms with Crippen molar-refractivity contribution < 1.29 is 9.53 Å². The zero-order chi connectivity index (χ0) is 17.9. The van der Waals surface area contributed by atoms with Crippen LogP contribution in [0.5, 0.6) is 0 Å². The van der Waals surface area contributed by atoms with Gasteiger partial charge in [0.2, 0.25) is 5.91 Å². The van der Waals surface area contributed by atoms with Crippen LogP contribution in [0.2, 0.25) is 0 Å². The Morgan fingerprint density at radius 1 is 1.38 bits per heavy atom. The zero-order valence-corrected chi connectivity index (χ0v) is 16.0. The summed E-state index contributed by atoms with van der Waals surface area (Å²) in [5, 5.41) is 0. The van der Waals surface area contributed by atoms with Gasteiger partial charge in [0.1, 0.15) is 6.61 Å². The maximum Gasteiger partial charge on any atom is 0.248 e. The lowest BCUT2D eigenvalue weighted by Crippen LogP contribution is -2.39. The SMILES string of the molecule is Cc1ncsc1CN1Cc2cncn2[C@H](COCC(=O)N2CCCC2)C1. The van der Waals surface area contributed by atoms with Gasteiger partial charge in [-0.15, -0.1) is 11.3 Å². The molecule has 0 bridgehead atoms. The average Bonchev–Trinajstić information content (AvgIpc) is 3.37. The predicted molar refractivity (Wildman–Crippen MR) is 98.9 cm³/mol. The molecule has 0 radical (unpaired) electrons. The number of carbonyl (C=O) groups excluding carboxylic acids is 1. The molecule has 0 unspecified atom stereocenters. The van der Waals surface area contributed by atoms with Gasteiger partial charge in [0.05, 0.1) is 35.9 Å². The quantitative estimate of drug-likeness (QED) is 0.771. The molecule has 26 heavy (non-hydrogen) atoms. The smallest absolute Gasteiger partial charge is 0.248 e. The fraction of sp³-hybridized carbons (Fsp3) is 0.611. The van der Waals surface area contributed by atoms with Crippen molar-refractivity contribution in [2.75, 3.05) is 32.8 Å². The molecule has 2 aromatic rings. The van der Waals surface area contributed by atoms with Gasteiger partial charge in [-0.05, 0) is 19.8 Å². The molecule has 0 aromatic carbocycles. The molecule has 2 aliphatic heterocycles. The minimum absolute atomic E-state index is 0.112. The molecule has 7 nitrogen and oxygen atoms in total. The van der Waals surface area contributed by atoms with Gasteiger partial charge >= 0.3 is 0 Å². The summed E-state index contributed by atoms with van der Waals surface area (Å²) in [5.74, 6) is 0.112. The first-order chi connectivity index (χ1) is 12.7. The number of rotatable bonds is 6. The van der Waals surface area contributed by atoms with E-state index in [1.807, 2.05) is 22.9 Å². The first-order valence-corrected chi connectivity index (χ1v) is 10.1. The number of thiazole rings is 1. The van der Waals surface area contributed by atoms with E-state index >= 15 is 0 Å². The molecule has 140 valence electrons. The highest BCUT2D eigenvalue weighted by molar-refractivity contribution is 7.09. The first-order valence-electron chi connectivity index (χ1n) is 9.18. The molecule has 1 fully saturated rings. The number of hydrogen-bond acceptors (Lipinski definition) is 6. The summed E-state index contributed by atoms with van der Waals surface area (Å²) in [6.07, 6.45) is 6.02. The summed E-state index contributed by atoms with van der Waals surface area (Å²) >= 11 is 1.71. The second-order valence-electron chi connectivity index (χ2n) is 7.08. The summed E-state index contributed by atoms with van der Waals surface area (Å²) < 4.78 is 8.00. The van der Waals surface area contributed by atoms with Gasteiger partial charge in [-0.1, -0.05) is 0 Å². The Hall–Kier alpha value is -1.77. The van der Waals surface area contributed by atoms with Crippen molar-refractivity contribution in [1.82, 2.24) is 24.3 Å². The Morgan fingerprint density at radius 3 is 3.00 bits per heavy atom. The van der Waals surface area contributed by atoms with E-state index in [-0.39, 0.29) is 18.6 Å². The number of aromatic nitrogens is 3. The highest BCUT2D eigenvalue weighted by Crippen LogP contribution is 2.24. The number of aryl methyl sites for hydroxylation is 1. The van der Waals surface area contributed by atoms with E-state index in [2.05, 4.69) is 26.4 Å². The topological polar surface area (TPSA) is 63.5 Å². The monoisotopic (exact) mass is 375 g/mol. The van der Waals surface area contributed by atoms with E-state index in [1.165, 1.54) is 10.6 Å². The molecular formula is C18H25N5O2S. The predicted octanol–water partition coefficient (Wildman–Crippen LogP) is 1.84. The van der Waals surface area contributed by atoms with Crippen molar-refractivity contribution in [1.29, 1.82) is 0 Å². The van der Waals surface area contributed by atoms with Crippen molar-refractivity contribution in [3.8, 4) is 0 Å². The Balaban J connectivity index is 1.35. The fourth-order valence-electron chi connectivity index (χ4n) is 3.74. The third kappa shape index (κ3) is 3.82. The molecule has 0 N–H and O–H groups in total. The minimum Gasteiger partial charge on any atom is -0.369 e. The van der Waals surface area contributed by atoms with Crippen LogP contribution in [-0.2, 0) is 22.6 Å². The molecular weight excluding hydrogens is 350 g/mol. The highest BCUT2D eigenvalue weighted by Gasteiger charge is 2.26. The Morgan fingerprint density at radius 2 is 2.23 bits per heavy atom. The zero-order valence-electron chi connectivity index (χ0n) is 15.1. The largest absolute Gasteiger partial charge is 0.369 e. The second-order valence-corrected chi connectivity index (χ2v) is 8.02. The van der Waals surface area contributed by atoms with Gasteiger partial charge in [-0.25, -0.2) is 9.97 Å². The van der Waals surface area contributed by atoms with E-state index in [0.717, 1.165) is 51.3 Å². The molecule has 1 atom stereocenters. The number of nitrogens with zero attached hydrogens (tertiary/aromatic N) is 5. The second kappa shape index (κ2) is 7.85. The number of ether oxygens (including phenoxy) is 1. The van der Waals surface area contributed by atoms with Gasteiger partial charge < -0.3 is 14.2 Å². The summed E-state index contributed by atoms with van der Waals surface area (Å²) in [6, 6.07) is 0.181. The number of hydrogen-bond donors (Lipinski definition) is 0. The minimum atomic E-state index is 0.112. The van der Waals surface area contributed by atoms with Gasteiger partial charge in [0.25, 0.3) is 0 Å². The van der Waals surface area contributed by atoms with Crippen LogP contribution in [0.1, 0.15) is 35.1 Å². The Labute approximate surface area is 157 Å².